The van der Waals surface area contributed by atoms with E-state index in [9.17, 15) is 9.59 Å². The standard InChI is InChI=1S/C22H25N3O3/c1-28-15-14-25-21(27)18-7-3-2-6-17(18)19(22(25)10-4-5-11-22)20(26)24-16-8-12-23-13-9-16/h2-3,6-9,12-13,19H,4-5,10-11,14-15H2,1H3,(H,23,24,26)/t19-/m1/s1. The smallest absolute Gasteiger partial charge is 0.254 e. The maximum absolute atomic E-state index is 13.5. The molecule has 1 atom stereocenters. The molecule has 0 bridgehead atoms. The number of hydrogen-bond acceptors (Lipinski definition) is 4. The van der Waals surface area contributed by atoms with Gasteiger partial charge in [0.1, 0.15) is 0 Å². The Labute approximate surface area is 164 Å². The van der Waals surface area contributed by atoms with Gasteiger partial charge in [-0.3, -0.25) is 14.6 Å². The minimum Gasteiger partial charge on any atom is -0.383 e. The molecule has 6 heteroatoms. The molecule has 0 saturated heterocycles. The van der Waals surface area contributed by atoms with E-state index >= 15 is 0 Å². The van der Waals surface area contributed by atoms with E-state index in [4.69, 9.17) is 4.74 Å². The lowest BCUT2D eigenvalue weighted by Crippen LogP contribution is -2.60. The molecule has 1 spiro atoms. The molecule has 1 aromatic carbocycles. The number of carbonyl (C=O) groups excluding carboxylic acids is 2. The normalized spacial score (nSPS) is 20.2. The first kappa shape index (κ1) is 18.6. The number of nitrogens with zero attached hydrogens (tertiary/aromatic N) is 2. The Hall–Kier alpha value is -2.73. The number of ether oxygens (including phenoxy) is 1. The molecule has 0 radical (unpaired) electrons. The average Bonchev–Trinajstić information content (AvgIpc) is 3.18. The first-order valence-corrected chi connectivity index (χ1v) is 9.78. The van der Waals surface area contributed by atoms with Crippen LogP contribution < -0.4 is 5.32 Å². The summed E-state index contributed by atoms with van der Waals surface area (Å²) in [4.78, 5) is 32.8. The molecule has 2 aliphatic rings. The zero-order valence-electron chi connectivity index (χ0n) is 16.1. The van der Waals surface area contributed by atoms with Crippen LogP contribution in [0.15, 0.2) is 48.8 Å². The first-order chi connectivity index (χ1) is 13.7. The van der Waals surface area contributed by atoms with Crippen LogP contribution >= 0.6 is 0 Å². The number of benzene rings is 1. The summed E-state index contributed by atoms with van der Waals surface area (Å²) >= 11 is 0. The Morgan fingerprint density at radius 3 is 2.64 bits per heavy atom. The largest absolute Gasteiger partial charge is 0.383 e. The number of methoxy groups -OCH3 is 1. The molecular formula is C22H25N3O3. The predicted octanol–water partition coefficient (Wildman–Crippen LogP) is 3.22. The van der Waals surface area contributed by atoms with Gasteiger partial charge in [0, 0.05) is 37.3 Å². The van der Waals surface area contributed by atoms with Gasteiger partial charge in [0.25, 0.3) is 5.91 Å². The van der Waals surface area contributed by atoms with Gasteiger partial charge in [0.2, 0.25) is 5.91 Å². The minimum atomic E-state index is -0.499. The maximum Gasteiger partial charge on any atom is 0.254 e. The third-order valence-corrected chi connectivity index (χ3v) is 6.02. The third kappa shape index (κ3) is 3.07. The van der Waals surface area contributed by atoms with Crippen molar-refractivity contribution in [2.45, 2.75) is 37.1 Å². The van der Waals surface area contributed by atoms with E-state index in [0.717, 1.165) is 31.2 Å². The molecule has 2 amide bonds. The lowest BCUT2D eigenvalue weighted by Gasteiger charge is -2.50. The second-order valence-electron chi connectivity index (χ2n) is 7.51. The van der Waals surface area contributed by atoms with Gasteiger partial charge in [-0.15, -0.1) is 0 Å². The summed E-state index contributed by atoms with van der Waals surface area (Å²) in [6, 6.07) is 11.1. The highest BCUT2D eigenvalue weighted by atomic mass is 16.5. The quantitative estimate of drug-likeness (QED) is 0.866. The van der Waals surface area contributed by atoms with Crippen molar-refractivity contribution in [2.75, 3.05) is 25.6 Å². The molecule has 28 heavy (non-hydrogen) atoms. The molecule has 6 nitrogen and oxygen atoms in total. The van der Waals surface area contributed by atoms with Crippen LogP contribution in [0.5, 0.6) is 0 Å². The number of hydrogen-bond donors (Lipinski definition) is 1. The SMILES string of the molecule is COCCN1C(=O)c2ccccc2[C@H](C(=O)Nc2ccncc2)C12CCCC2. The van der Waals surface area contributed by atoms with E-state index in [1.54, 1.807) is 31.6 Å². The molecule has 1 saturated carbocycles. The molecule has 1 N–H and O–H groups in total. The van der Waals surface area contributed by atoms with Gasteiger partial charge in [-0.2, -0.15) is 0 Å². The van der Waals surface area contributed by atoms with Crippen LogP contribution in [0.1, 0.15) is 47.5 Å². The van der Waals surface area contributed by atoms with Crippen LogP contribution in [0.25, 0.3) is 0 Å². The van der Waals surface area contributed by atoms with Crippen molar-refractivity contribution in [2.24, 2.45) is 0 Å². The molecule has 1 aliphatic heterocycles. The monoisotopic (exact) mass is 379 g/mol. The Kier molecular flexibility index (Phi) is 5.13. The summed E-state index contributed by atoms with van der Waals surface area (Å²) in [6.07, 6.45) is 6.99. The number of nitrogens with one attached hydrogen (secondary N) is 1. The predicted molar refractivity (Wildman–Crippen MR) is 106 cm³/mol. The zero-order chi connectivity index (χ0) is 19.6. The molecule has 0 unspecified atom stereocenters. The fourth-order valence-corrected chi connectivity index (χ4v) is 4.82. The van der Waals surface area contributed by atoms with E-state index in [0.29, 0.717) is 24.4 Å². The number of pyridine rings is 1. The second kappa shape index (κ2) is 7.72. The fourth-order valence-electron chi connectivity index (χ4n) is 4.82. The van der Waals surface area contributed by atoms with Crippen molar-refractivity contribution in [3.05, 3.63) is 59.9 Å². The highest BCUT2D eigenvalue weighted by Gasteiger charge is 2.55. The van der Waals surface area contributed by atoms with Crippen molar-refractivity contribution in [3.63, 3.8) is 0 Å². The summed E-state index contributed by atoms with van der Waals surface area (Å²) in [6.45, 7) is 0.942. The van der Waals surface area contributed by atoms with Gasteiger partial charge in [-0.05, 0) is 36.6 Å². The highest BCUT2D eigenvalue weighted by molar-refractivity contribution is 6.05. The lowest BCUT2D eigenvalue weighted by atomic mass is 9.71. The van der Waals surface area contributed by atoms with E-state index in [2.05, 4.69) is 10.3 Å². The molecule has 1 aliphatic carbocycles. The van der Waals surface area contributed by atoms with Crippen molar-refractivity contribution < 1.29 is 14.3 Å². The van der Waals surface area contributed by atoms with Gasteiger partial charge in [0.05, 0.1) is 18.1 Å². The Morgan fingerprint density at radius 1 is 1.21 bits per heavy atom. The van der Waals surface area contributed by atoms with E-state index < -0.39 is 11.5 Å². The van der Waals surface area contributed by atoms with Gasteiger partial charge in [0.15, 0.2) is 0 Å². The fraction of sp³-hybridized carbons (Fsp3) is 0.409. The topological polar surface area (TPSA) is 71.5 Å². The molecule has 1 fully saturated rings. The zero-order valence-corrected chi connectivity index (χ0v) is 16.1. The van der Waals surface area contributed by atoms with Crippen LogP contribution in [0, 0.1) is 0 Å². The average molecular weight is 379 g/mol. The number of amides is 2. The summed E-state index contributed by atoms with van der Waals surface area (Å²) in [5, 5.41) is 3.05. The molecule has 2 heterocycles. The maximum atomic E-state index is 13.5. The third-order valence-electron chi connectivity index (χ3n) is 6.02. The molecule has 146 valence electrons. The number of aromatic nitrogens is 1. The van der Waals surface area contributed by atoms with Crippen LogP contribution in [0.2, 0.25) is 0 Å². The summed E-state index contributed by atoms with van der Waals surface area (Å²) in [7, 11) is 1.64. The first-order valence-electron chi connectivity index (χ1n) is 9.78. The Morgan fingerprint density at radius 2 is 1.93 bits per heavy atom. The lowest BCUT2D eigenvalue weighted by molar-refractivity contribution is -0.121. The van der Waals surface area contributed by atoms with Gasteiger partial charge >= 0.3 is 0 Å². The van der Waals surface area contributed by atoms with E-state index in [1.807, 2.05) is 29.2 Å². The molecular weight excluding hydrogens is 354 g/mol. The summed E-state index contributed by atoms with van der Waals surface area (Å²) < 4.78 is 5.27. The number of anilines is 1. The number of fused-ring (bicyclic) bond motifs is 1. The Bertz CT molecular complexity index is 862. The van der Waals surface area contributed by atoms with Gasteiger partial charge in [-0.1, -0.05) is 31.0 Å². The van der Waals surface area contributed by atoms with Crippen LogP contribution in [-0.2, 0) is 9.53 Å². The molecule has 2 aromatic rings. The van der Waals surface area contributed by atoms with Crippen LogP contribution in [0.4, 0.5) is 5.69 Å². The van der Waals surface area contributed by atoms with Gasteiger partial charge in [-0.25, -0.2) is 0 Å². The van der Waals surface area contributed by atoms with Crippen molar-refractivity contribution in [1.29, 1.82) is 0 Å². The van der Waals surface area contributed by atoms with Crippen molar-refractivity contribution >= 4 is 17.5 Å². The van der Waals surface area contributed by atoms with Crippen molar-refractivity contribution in [3.8, 4) is 0 Å². The number of rotatable bonds is 5. The minimum absolute atomic E-state index is 0.00233. The number of carbonyl (C=O) groups is 2. The van der Waals surface area contributed by atoms with Gasteiger partial charge < -0.3 is 15.0 Å². The molecule has 1 aromatic heterocycles. The van der Waals surface area contributed by atoms with E-state index in [-0.39, 0.29) is 11.8 Å². The highest BCUT2D eigenvalue weighted by Crippen LogP contribution is 2.50. The second-order valence-corrected chi connectivity index (χ2v) is 7.51. The van der Waals surface area contributed by atoms with Crippen molar-refractivity contribution in [1.82, 2.24) is 9.88 Å². The summed E-state index contributed by atoms with van der Waals surface area (Å²) in [5.74, 6) is -0.480. The Balaban J connectivity index is 1.79. The van der Waals surface area contributed by atoms with Crippen LogP contribution in [0.3, 0.4) is 0 Å². The summed E-state index contributed by atoms with van der Waals surface area (Å²) in [5.41, 5.74) is 1.66. The van der Waals surface area contributed by atoms with Crippen LogP contribution in [-0.4, -0.2) is 47.5 Å². The molecule has 4 rings (SSSR count). The van der Waals surface area contributed by atoms with E-state index in [1.165, 1.54) is 0 Å².